The average molecular weight is 313 g/mol. The molecule has 0 saturated carbocycles. The van der Waals surface area contributed by atoms with Crippen LogP contribution in [0.15, 0.2) is 30.3 Å². The van der Waals surface area contributed by atoms with Crippen LogP contribution < -0.4 is 0 Å². The van der Waals surface area contributed by atoms with Crippen molar-refractivity contribution in [2.75, 3.05) is 0 Å². The molecule has 1 radical (unpaired) electrons. The van der Waals surface area contributed by atoms with E-state index in [9.17, 15) is 4.79 Å². The average Bonchev–Trinajstić information content (AvgIpc) is 2.52. The van der Waals surface area contributed by atoms with Gasteiger partial charge in [0.2, 0.25) is 0 Å². The number of hydrogen-bond donors (Lipinski definition) is 0. The largest absolute Gasteiger partial charge is 0.461 e. The summed E-state index contributed by atoms with van der Waals surface area (Å²) in [6, 6.07) is 9.85. The minimum absolute atomic E-state index is 0. The van der Waals surface area contributed by atoms with Crippen LogP contribution in [0, 0.1) is 0 Å². The van der Waals surface area contributed by atoms with Crippen molar-refractivity contribution >= 4 is 35.5 Å². The van der Waals surface area contributed by atoms with Crippen molar-refractivity contribution in [3.05, 3.63) is 35.9 Å². The number of esters is 1. The fourth-order valence-electron chi connectivity index (χ4n) is 2.39. The van der Waals surface area contributed by atoms with E-state index in [1.165, 1.54) is 44.9 Å². The molecule has 1 aromatic rings. The molecular formula is C19H30NaO2. The predicted octanol–water partition coefficient (Wildman–Crippen LogP) is 5.27. The molecule has 0 atom stereocenters. The zero-order valence-corrected chi connectivity index (χ0v) is 16.5. The van der Waals surface area contributed by atoms with E-state index in [4.69, 9.17) is 4.74 Å². The van der Waals surface area contributed by atoms with Crippen molar-refractivity contribution in [2.24, 2.45) is 0 Å². The van der Waals surface area contributed by atoms with Gasteiger partial charge in [-0.2, -0.15) is 0 Å². The summed E-state index contributed by atoms with van der Waals surface area (Å²) in [5.74, 6) is -0.0678. The van der Waals surface area contributed by atoms with Gasteiger partial charge in [0.15, 0.2) is 0 Å². The van der Waals surface area contributed by atoms with E-state index in [0.717, 1.165) is 18.4 Å². The van der Waals surface area contributed by atoms with Crippen molar-refractivity contribution in [1.82, 2.24) is 0 Å². The van der Waals surface area contributed by atoms with Gasteiger partial charge in [-0.3, -0.25) is 4.79 Å². The first kappa shape index (κ1) is 21.7. The minimum atomic E-state index is -0.0678. The molecule has 0 aliphatic rings. The molecule has 0 aliphatic carbocycles. The number of benzene rings is 1. The zero-order valence-electron chi connectivity index (χ0n) is 14.5. The molecule has 0 N–H and O–H groups in total. The van der Waals surface area contributed by atoms with E-state index in [2.05, 4.69) is 6.92 Å². The van der Waals surface area contributed by atoms with Crippen LogP contribution in [0.5, 0.6) is 0 Å². The molecule has 2 nitrogen and oxygen atoms in total. The summed E-state index contributed by atoms with van der Waals surface area (Å²) in [5, 5.41) is 0. The Balaban J connectivity index is 0.00000441. The number of rotatable bonds is 12. The van der Waals surface area contributed by atoms with E-state index in [1.54, 1.807) is 0 Å². The second-order valence-corrected chi connectivity index (χ2v) is 5.72. The summed E-state index contributed by atoms with van der Waals surface area (Å²) in [4.78, 5) is 11.6. The van der Waals surface area contributed by atoms with Crippen LogP contribution in [0.3, 0.4) is 0 Å². The molecule has 0 heterocycles. The summed E-state index contributed by atoms with van der Waals surface area (Å²) in [6.45, 7) is 2.65. The third-order valence-corrected chi connectivity index (χ3v) is 3.73. The van der Waals surface area contributed by atoms with Crippen molar-refractivity contribution < 1.29 is 9.53 Å². The van der Waals surface area contributed by atoms with Crippen LogP contribution in [-0.2, 0) is 16.1 Å². The topological polar surface area (TPSA) is 26.3 Å². The number of hydrogen-bond acceptors (Lipinski definition) is 2. The van der Waals surface area contributed by atoms with Gasteiger partial charge in [-0.25, -0.2) is 0 Å². The quantitative estimate of drug-likeness (QED) is 0.298. The third-order valence-electron chi connectivity index (χ3n) is 3.73. The van der Waals surface area contributed by atoms with Crippen LogP contribution >= 0.6 is 0 Å². The van der Waals surface area contributed by atoms with E-state index in [0.29, 0.717) is 13.0 Å². The third kappa shape index (κ3) is 12.3. The maximum atomic E-state index is 11.6. The fraction of sp³-hybridized carbons (Fsp3) is 0.632. The summed E-state index contributed by atoms with van der Waals surface area (Å²) >= 11 is 0. The molecule has 0 bridgehead atoms. The summed E-state index contributed by atoms with van der Waals surface area (Å²) in [5.41, 5.74) is 1.05. The molecule has 0 amide bonds. The molecule has 0 fully saturated rings. The predicted molar refractivity (Wildman–Crippen MR) is 93.8 cm³/mol. The van der Waals surface area contributed by atoms with Crippen LogP contribution in [0.25, 0.3) is 0 Å². The van der Waals surface area contributed by atoms with Crippen LogP contribution in [-0.4, -0.2) is 35.5 Å². The van der Waals surface area contributed by atoms with Gasteiger partial charge in [0.1, 0.15) is 6.61 Å². The molecule has 0 aliphatic heterocycles. The van der Waals surface area contributed by atoms with Crippen LogP contribution in [0.4, 0.5) is 0 Å². The van der Waals surface area contributed by atoms with E-state index in [1.807, 2.05) is 30.3 Å². The first-order valence-electron chi connectivity index (χ1n) is 8.52. The fourth-order valence-corrected chi connectivity index (χ4v) is 2.39. The zero-order chi connectivity index (χ0) is 15.2. The number of ether oxygens (including phenoxy) is 1. The monoisotopic (exact) mass is 313 g/mol. The summed E-state index contributed by atoms with van der Waals surface area (Å²) in [7, 11) is 0. The first-order valence-corrected chi connectivity index (χ1v) is 8.52. The smallest absolute Gasteiger partial charge is 0.306 e. The Bertz CT molecular complexity index is 365. The molecule has 0 saturated heterocycles. The van der Waals surface area contributed by atoms with Crippen LogP contribution in [0.1, 0.15) is 76.7 Å². The van der Waals surface area contributed by atoms with Gasteiger partial charge in [0, 0.05) is 36.0 Å². The van der Waals surface area contributed by atoms with Crippen molar-refractivity contribution in [3.63, 3.8) is 0 Å². The summed E-state index contributed by atoms with van der Waals surface area (Å²) < 4.78 is 5.26. The van der Waals surface area contributed by atoms with Gasteiger partial charge in [-0.15, -0.1) is 0 Å². The molecule has 22 heavy (non-hydrogen) atoms. The van der Waals surface area contributed by atoms with E-state index >= 15 is 0 Å². The number of carbonyl (C=O) groups excluding carboxylic acids is 1. The molecule has 0 aromatic heterocycles. The van der Waals surface area contributed by atoms with Gasteiger partial charge >= 0.3 is 5.97 Å². The Morgan fingerprint density at radius 1 is 0.864 bits per heavy atom. The Hall–Kier alpha value is -0.310. The molecule has 1 rings (SSSR count). The molecule has 3 heteroatoms. The Labute approximate surface area is 158 Å². The minimum Gasteiger partial charge on any atom is -0.461 e. The number of carbonyl (C=O) groups is 1. The molecule has 119 valence electrons. The van der Waals surface area contributed by atoms with E-state index < -0.39 is 0 Å². The van der Waals surface area contributed by atoms with Crippen molar-refractivity contribution in [2.45, 2.75) is 77.7 Å². The molecule has 0 unspecified atom stereocenters. The Morgan fingerprint density at radius 2 is 1.41 bits per heavy atom. The Morgan fingerprint density at radius 3 is 2.00 bits per heavy atom. The van der Waals surface area contributed by atoms with Gasteiger partial charge in [-0.05, 0) is 12.0 Å². The standard InChI is InChI=1S/C19H30O2.Na/c1-2-3-4-5-6-7-8-9-13-16-19(20)21-17-18-14-11-10-12-15-18;/h10-12,14-15H,2-9,13,16-17H2,1H3;. The van der Waals surface area contributed by atoms with Gasteiger partial charge in [-0.1, -0.05) is 88.6 Å². The second kappa shape index (κ2) is 15.6. The maximum Gasteiger partial charge on any atom is 0.306 e. The molecule has 0 spiro atoms. The summed E-state index contributed by atoms with van der Waals surface area (Å²) in [6.07, 6.45) is 12.0. The van der Waals surface area contributed by atoms with Gasteiger partial charge in [0.05, 0.1) is 0 Å². The van der Waals surface area contributed by atoms with E-state index in [-0.39, 0.29) is 35.5 Å². The van der Waals surface area contributed by atoms with Crippen molar-refractivity contribution in [3.8, 4) is 0 Å². The number of unbranched alkanes of at least 4 members (excludes halogenated alkanes) is 8. The second-order valence-electron chi connectivity index (χ2n) is 5.72. The van der Waals surface area contributed by atoms with Gasteiger partial charge in [0.25, 0.3) is 0 Å². The Kier molecular flexibility index (Phi) is 15.4. The first-order chi connectivity index (χ1) is 10.3. The van der Waals surface area contributed by atoms with Crippen molar-refractivity contribution in [1.29, 1.82) is 0 Å². The molecule has 1 aromatic carbocycles. The van der Waals surface area contributed by atoms with Gasteiger partial charge < -0.3 is 4.74 Å². The molecular weight excluding hydrogens is 283 g/mol. The van der Waals surface area contributed by atoms with Crippen LogP contribution in [0.2, 0.25) is 0 Å². The normalized spacial score (nSPS) is 10.0. The SMILES string of the molecule is CCCCCCCCCCCC(=O)OCc1ccccc1.[Na]. The maximum absolute atomic E-state index is 11.6.